The van der Waals surface area contributed by atoms with E-state index in [4.69, 9.17) is 5.21 Å². The Bertz CT molecular complexity index is 494. The second-order valence-corrected chi connectivity index (χ2v) is 3.68. The number of nitrogens with zero attached hydrogens (tertiary/aromatic N) is 2. The number of hydrogen-bond acceptors (Lipinski definition) is 2. The first-order valence-electron chi connectivity index (χ1n) is 5.39. The lowest BCUT2D eigenvalue weighted by atomic mass is 10.2. The molecule has 0 radical (unpaired) electrons. The van der Waals surface area contributed by atoms with E-state index in [1.165, 1.54) is 0 Å². The Hall–Kier alpha value is -2.29. The fourth-order valence-corrected chi connectivity index (χ4v) is 1.68. The van der Waals surface area contributed by atoms with Crippen molar-refractivity contribution in [2.45, 2.75) is 0 Å². The first-order chi connectivity index (χ1) is 8.33. The molecule has 86 valence electrons. The highest BCUT2D eigenvalue weighted by Crippen LogP contribution is 2.15. The smallest absolute Gasteiger partial charge is 0.179 e. The van der Waals surface area contributed by atoms with E-state index in [1.807, 2.05) is 72.6 Å². The van der Waals surface area contributed by atoms with Crippen LogP contribution in [0.1, 0.15) is 5.56 Å². The molecular formula is C14H14N2O. The molecule has 0 aliphatic carbocycles. The van der Waals surface area contributed by atoms with Crippen molar-refractivity contribution in [2.75, 3.05) is 11.9 Å². The van der Waals surface area contributed by atoms with E-state index in [-0.39, 0.29) is 0 Å². The van der Waals surface area contributed by atoms with E-state index in [1.54, 1.807) is 0 Å². The monoisotopic (exact) mass is 226 g/mol. The van der Waals surface area contributed by atoms with Crippen molar-refractivity contribution in [1.29, 1.82) is 0 Å². The molecule has 17 heavy (non-hydrogen) atoms. The Morgan fingerprint density at radius 2 is 1.47 bits per heavy atom. The van der Waals surface area contributed by atoms with Gasteiger partial charge >= 0.3 is 0 Å². The maximum absolute atomic E-state index is 9.16. The molecule has 0 aliphatic rings. The Labute approximate surface area is 101 Å². The molecule has 2 aromatic rings. The lowest BCUT2D eigenvalue weighted by Crippen LogP contribution is -2.27. The Morgan fingerprint density at radius 1 is 0.941 bits per heavy atom. The predicted octanol–water partition coefficient (Wildman–Crippen LogP) is 2.96. The van der Waals surface area contributed by atoms with Crippen molar-refractivity contribution >= 4 is 11.5 Å². The fraction of sp³-hybridized carbons (Fsp3) is 0.0714. The molecule has 0 bridgehead atoms. The van der Waals surface area contributed by atoms with Crippen molar-refractivity contribution in [3.63, 3.8) is 0 Å². The summed E-state index contributed by atoms with van der Waals surface area (Å²) in [5, 5.41) is 12.5. The van der Waals surface area contributed by atoms with Gasteiger partial charge in [0.25, 0.3) is 0 Å². The third-order valence-electron chi connectivity index (χ3n) is 2.59. The van der Waals surface area contributed by atoms with Crippen LogP contribution >= 0.6 is 0 Å². The minimum Gasteiger partial charge on any atom is -0.409 e. The molecule has 0 heterocycles. The average molecular weight is 226 g/mol. The van der Waals surface area contributed by atoms with Crippen molar-refractivity contribution in [2.24, 2.45) is 5.16 Å². The van der Waals surface area contributed by atoms with Crippen LogP contribution < -0.4 is 4.90 Å². The molecule has 0 unspecified atom stereocenters. The minimum absolute atomic E-state index is 0.525. The summed E-state index contributed by atoms with van der Waals surface area (Å²) in [4.78, 5) is 1.84. The molecule has 0 saturated heterocycles. The second-order valence-electron chi connectivity index (χ2n) is 3.68. The van der Waals surface area contributed by atoms with Gasteiger partial charge in [-0.25, -0.2) is 0 Å². The number of anilines is 1. The highest BCUT2D eigenvalue weighted by atomic mass is 16.4. The molecule has 2 aromatic carbocycles. The zero-order valence-electron chi connectivity index (χ0n) is 9.62. The van der Waals surface area contributed by atoms with Crippen LogP contribution in [-0.2, 0) is 0 Å². The lowest BCUT2D eigenvalue weighted by molar-refractivity contribution is 0.318. The van der Waals surface area contributed by atoms with Crippen molar-refractivity contribution in [3.8, 4) is 0 Å². The molecule has 0 amide bonds. The van der Waals surface area contributed by atoms with E-state index < -0.39 is 0 Å². The number of rotatable bonds is 2. The van der Waals surface area contributed by atoms with Crippen molar-refractivity contribution in [3.05, 3.63) is 66.2 Å². The molecular weight excluding hydrogens is 212 g/mol. The number of para-hydroxylation sites is 1. The van der Waals surface area contributed by atoms with Crippen LogP contribution in [0.4, 0.5) is 5.69 Å². The summed E-state index contributed by atoms with van der Waals surface area (Å²) in [6, 6.07) is 19.4. The highest BCUT2D eigenvalue weighted by Gasteiger charge is 2.11. The van der Waals surface area contributed by atoms with E-state index >= 15 is 0 Å². The summed E-state index contributed by atoms with van der Waals surface area (Å²) >= 11 is 0. The zero-order chi connectivity index (χ0) is 12.1. The molecule has 1 N–H and O–H groups in total. The topological polar surface area (TPSA) is 35.8 Å². The largest absolute Gasteiger partial charge is 0.409 e. The van der Waals surface area contributed by atoms with Crippen LogP contribution in [0.15, 0.2) is 65.8 Å². The summed E-state index contributed by atoms with van der Waals surface area (Å²) in [7, 11) is 1.87. The van der Waals surface area contributed by atoms with Gasteiger partial charge in [-0.3, -0.25) is 0 Å². The number of amidine groups is 1. The van der Waals surface area contributed by atoms with E-state index in [0.717, 1.165) is 11.3 Å². The van der Waals surface area contributed by atoms with Gasteiger partial charge in [0.1, 0.15) is 0 Å². The molecule has 3 heteroatoms. The van der Waals surface area contributed by atoms with E-state index in [9.17, 15) is 0 Å². The quantitative estimate of drug-likeness (QED) is 0.370. The summed E-state index contributed by atoms with van der Waals surface area (Å²) < 4.78 is 0. The van der Waals surface area contributed by atoms with Crippen molar-refractivity contribution in [1.82, 2.24) is 0 Å². The summed E-state index contributed by atoms with van der Waals surface area (Å²) in [6.07, 6.45) is 0. The number of hydrogen-bond donors (Lipinski definition) is 1. The van der Waals surface area contributed by atoms with Crippen LogP contribution in [0.25, 0.3) is 0 Å². The summed E-state index contributed by atoms with van der Waals surface area (Å²) in [6.45, 7) is 0. The molecule has 3 nitrogen and oxygen atoms in total. The van der Waals surface area contributed by atoms with Gasteiger partial charge < -0.3 is 10.1 Å². The van der Waals surface area contributed by atoms with Gasteiger partial charge in [-0.05, 0) is 12.1 Å². The highest BCUT2D eigenvalue weighted by molar-refractivity contribution is 6.09. The second kappa shape index (κ2) is 5.16. The predicted molar refractivity (Wildman–Crippen MR) is 69.6 cm³/mol. The maximum Gasteiger partial charge on any atom is 0.179 e. The number of benzene rings is 2. The van der Waals surface area contributed by atoms with Crippen LogP contribution in [0.5, 0.6) is 0 Å². The number of oxime groups is 1. The fourth-order valence-electron chi connectivity index (χ4n) is 1.68. The van der Waals surface area contributed by atoms with Gasteiger partial charge in [0.2, 0.25) is 0 Å². The molecule has 0 aliphatic heterocycles. The summed E-state index contributed by atoms with van der Waals surface area (Å²) in [5.74, 6) is 0.525. The maximum atomic E-state index is 9.16. The molecule has 0 spiro atoms. The van der Waals surface area contributed by atoms with Crippen LogP contribution in [0.2, 0.25) is 0 Å². The Kier molecular flexibility index (Phi) is 3.40. The van der Waals surface area contributed by atoms with Gasteiger partial charge in [0.05, 0.1) is 0 Å². The SMILES string of the molecule is CN(C(=NO)c1ccccc1)c1ccccc1. The Morgan fingerprint density at radius 3 is 2.00 bits per heavy atom. The van der Waals surface area contributed by atoms with Gasteiger partial charge in [0, 0.05) is 18.3 Å². The van der Waals surface area contributed by atoms with Gasteiger partial charge in [0.15, 0.2) is 5.84 Å². The normalized spacial score (nSPS) is 11.2. The standard InChI is InChI=1S/C14H14N2O/c1-16(13-10-6-3-7-11-13)14(15-17)12-8-4-2-5-9-12/h2-11,17H,1H3. The average Bonchev–Trinajstić information content (AvgIpc) is 2.42. The first-order valence-corrected chi connectivity index (χ1v) is 5.39. The molecule has 0 aromatic heterocycles. The first kappa shape index (κ1) is 11.2. The van der Waals surface area contributed by atoms with Gasteiger partial charge in [-0.1, -0.05) is 53.7 Å². The van der Waals surface area contributed by atoms with Crippen molar-refractivity contribution < 1.29 is 5.21 Å². The molecule has 0 fully saturated rings. The van der Waals surface area contributed by atoms with Gasteiger partial charge in [-0.15, -0.1) is 0 Å². The van der Waals surface area contributed by atoms with Gasteiger partial charge in [-0.2, -0.15) is 0 Å². The molecule has 2 rings (SSSR count). The van der Waals surface area contributed by atoms with E-state index in [0.29, 0.717) is 5.84 Å². The molecule has 0 saturated carbocycles. The third kappa shape index (κ3) is 2.45. The Balaban J connectivity index is 2.33. The zero-order valence-corrected chi connectivity index (χ0v) is 9.62. The third-order valence-corrected chi connectivity index (χ3v) is 2.59. The van der Waals surface area contributed by atoms with Crippen LogP contribution in [0, 0.1) is 0 Å². The minimum atomic E-state index is 0.525. The lowest BCUT2D eigenvalue weighted by Gasteiger charge is -2.20. The van der Waals surface area contributed by atoms with Crippen LogP contribution in [0.3, 0.4) is 0 Å². The van der Waals surface area contributed by atoms with Crippen LogP contribution in [-0.4, -0.2) is 18.1 Å². The van der Waals surface area contributed by atoms with E-state index in [2.05, 4.69) is 5.16 Å². The summed E-state index contributed by atoms with van der Waals surface area (Å²) in [5.41, 5.74) is 1.85. The molecule has 0 atom stereocenters.